The van der Waals surface area contributed by atoms with E-state index >= 15 is 0 Å². The van der Waals surface area contributed by atoms with Crippen LogP contribution in [0.4, 0.5) is 0 Å². The molecule has 0 aliphatic carbocycles. The van der Waals surface area contributed by atoms with Gasteiger partial charge in [0.25, 0.3) is 0 Å². The maximum atomic E-state index is 11.7. The molecule has 6 heteroatoms. The van der Waals surface area contributed by atoms with Crippen molar-refractivity contribution in [2.45, 2.75) is 6.54 Å². The molecule has 2 heterocycles. The smallest absolute Gasteiger partial charge is 0.324 e. The molecule has 6 nitrogen and oxygen atoms in total. The molecule has 0 bridgehead atoms. The molecule has 2 rings (SSSR count). The maximum Gasteiger partial charge on any atom is 0.324 e. The lowest BCUT2D eigenvalue weighted by atomic mass is 9.85. The number of carbonyl (C=O) groups is 2. The summed E-state index contributed by atoms with van der Waals surface area (Å²) in [6, 6.07) is 3.39. The van der Waals surface area contributed by atoms with E-state index in [2.05, 4.69) is 5.32 Å². The molecular weight excluding hydrogens is 214 g/mol. The number of amides is 1. The predicted molar refractivity (Wildman–Crippen MR) is 51.4 cm³/mol. The highest BCUT2D eigenvalue weighted by Gasteiger charge is 2.53. The highest BCUT2D eigenvalue weighted by molar-refractivity contribution is 6.03. The molecule has 0 spiro atoms. The summed E-state index contributed by atoms with van der Waals surface area (Å²) in [6.07, 6.45) is 1.49. The SMILES string of the molecule is O=C(O)C1(C(=O)NCc2ccco2)COC1. The van der Waals surface area contributed by atoms with Gasteiger partial charge < -0.3 is 19.6 Å². The average Bonchev–Trinajstić information content (AvgIpc) is 2.64. The maximum absolute atomic E-state index is 11.7. The van der Waals surface area contributed by atoms with Gasteiger partial charge in [0, 0.05) is 0 Å². The number of hydrogen-bond donors (Lipinski definition) is 2. The number of nitrogens with one attached hydrogen (secondary N) is 1. The fraction of sp³-hybridized carbons (Fsp3) is 0.400. The highest BCUT2D eigenvalue weighted by Crippen LogP contribution is 2.28. The second-order valence-corrected chi connectivity index (χ2v) is 3.64. The fourth-order valence-electron chi connectivity index (χ4n) is 1.41. The van der Waals surface area contributed by atoms with Crippen molar-refractivity contribution in [2.75, 3.05) is 13.2 Å². The Morgan fingerprint density at radius 3 is 2.69 bits per heavy atom. The van der Waals surface area contributed by atoms with Crippen molar-refractivity contribution in [3.63, 3.8) is 0 Å². The summed E-state index contributed by atoms with van der Waals surface area (Å²) in [6.45, 7) is 0.0273. The normalized spacial score (nSPS) is 17.5. The number of carbonyl (C=O) groups excluding carboxylic acids is 1. The minimum atomic E-state index is -1.42. The monoisotopic (exact) mass is 225 g/mol. The second kappa shape index (κ2) is 3.97. The van der Waals surface area contributed by atoms with Crippen molar-refractivity contribution in [3.8, 4) is 0 Å². The zero-order valence-corrected chi connectivity index (χ0v) is 8.43. The largest absolute Gasteiger partial charge is 0.480 e. The number of aliphatic carboxylic acids is 1. The van der Waals surface area contributed by atoms with Crippen molar-refractivity contribution < 1.29 is 23.8 Å². The number of rotatable bonds is 4. The standard InChI is InChI=1S/C10H11NO5/c12-8(10(9(13)14)5-15-6-10)11-4-7-2-1-3-16-7/h1-3H,4-6H2,(H,11,12)(H,13,14). The van der Waals surface area contributed by atoms with Gasteiger partial charge in [-0.25, -0.2) is 0 Å². The summed E-state index contributed by atoms with van der Waals surface area (Å²) < 4.78 is 9.81. The van der Waals surface area contributed by atoms with Crippen LogP contribution < -0.4 is 5.32 Å². The molecule has 1 aliphatic rings. The van der Waals surface area contributed by atoms with Crippen LogP contribution in [-0.4, -0.2) is 30.2 Å². The van der Waals surface area contributed by atoms with Crippen LogP contribution in [0.1, 0.15) is 5.76 Å². The first-order valence-electron chi connectivity index (χ1n) is 4.77. The Hall–Kier alpha value is -1.82. The summed E-state index contributed by atoms with van der Waals surface area (Å²) in [5.41, 5.74) is -1.42. The Kier molecular flexibility index (Phi) is 2.66. The van der Waals surface area contributed by atoms with E-state index < -0.39 is 17.3 Å². The first kappa shape index (κ1) is 10.7. The molecule has 1 aromatic heterocycles. The Bertz CT molecular complexity index is 393. The lowest BCUT2D eigenvalue weighted by Gasteiger charge is -2.35. The van der Waals surface area contributed by atoms with Gasteiger partial charge in [0.1, 0.15) is 5.76 Å². The van der Waals surface area contributed by atoms with Gasteiger partial charge >= 0.3 is 5.97 Å². The zero-order chi connectivity index (χ0) is 11.6. The predicted octanol–water partition coefficient (Wildman–Crippen LogP) is -0.00300. The van der Waals surface area contributed by atoms with Gasteiger partial charge in [-0.2, -0.15) is 0 Å². The van der Waals surface area contributed by atoms with Crippen LogP contribution in [-0.2, 0) is 20.9 Å². The Morgan fingerprint density at radius 2 is 2.25 bits per heavy atom. The molecule has 16 heavy (non-hydrogen) atoms. The van der Waals surface area contributed by atoms with E-state index in [9.17, 15) is 9.59 Å². The summed E-state index contributed by atoms with van der Waals surface area (Å²) in [5, 5.41) is 11.5. The van der Waals surface area contributed by atoms with E-state index in [4.69, 9.17) is 14.3 Å². The van der Waals surface area contributed by atoms with Crippen molar-refractivity contribution >= 4 is 11.9 Å². The molecule has 1 saturated heterocycles. The number of carboxylic acids is 1. The zero-order valence-electron chi connectivity index (χ0n) is 8.43. The van der Waals surface area contributed by atoms with Crippen molar-refractivity contribution in [2.24, 2.45) is 5.41 Å². The number of furan rings is 1. The van der Waals surface area contributed by atoms with Gasteiger partial charge in [0.05, 0.1) is 26.0 Å². The van der Waals surface area contributed by atoms with E-state index in [1.165, 1.54) is 6.26 Å². The van der Waals surface area contributed by atoms with Crippen LogP contribution in [0.15, 0.2) is 22.8 Å². The molecule has 0 saturated carbocycles. The molecule has 0 radical (unpaired) electrons. The molecule has 1 aliphatic heterocycles. The Morgan fingerprint density at radius 1 is 1.50 bits per heavy atom. The third kappa shape index (κ3) is 1.67. The molecule has 0 unspecified atom stereocenters. The lowest BCUT2D eigenvalue weighted by Crippen LogP contribution is -2.58. The molecule has 0 aromatic carbocycles. The van der Waals surface area contributed by atoms with Gasteiger partial charge in [-0.15, -0.1) is 0 Å². The number of hydrogen-bond acceptors (Lipinski definition) is 4. The second-order valence-electron chi connectivity index (χ2n) is 3.64. The van der Waals surface area contributed by atoms with Gasteiger partial charge in [0.2, 0.25) is 5.91 Å². The van der Waals surface area contributed by atoms with E-state index in [0.29, 0.717) is 5.76 Å². The number of carboxylic acid groups (broad SMARTS) is 1. The molecule has 86 valence electrons. The van der Waals surface area contributed by atoms with E-state index in [1.54, 1.807) is 12.1 Å². The van der Waals surface area contributed by atoms with Crippen LogP contribution in [0.2, 0.25) is 0 Å². The first-order valence-corrected chi connectivity index (χ1v) is 4.77. The van der Waals surface area contributed by atoms with Gasteiger partial charge in [-0.05, 0) is 12.1 Å². The fourth-order valence-corrected chi connectivity index (χ4v) is 1.41. The van der Waals surface area contributed by atoms with Crippen molar-refractivity contribution in [1.29, 1.82) is 0 Å². The third-order valence-corrected chi connectivity index (χ3v) is 2.54. The third-order valence-electron chi connectivity index (χ3n) is 2.54. The van der Waals surface area contributed by atoms with Gasteiger partial charge in [-0.3, -0.25) is 9.59 Å². The Labute approximate surface area is 91.2 Å². The molecule has 1 fully saturated rings. The molecule has 1 aromatic rings. The van der Waals surface area contributed by atoms with Crippen LogP contribution in [0.3, 0.4) is 0 Å². The minimum Gasteiger partial charge on any atom is -0.480 e. The van der Waals surface area contributed by atoms with E-state index in [0.717, 1.165) is 0 Å². The molecule has 1 amide bonds. The van der Waals surface area contributed by atoms with Gasteiger partial charge in [-0.1, -0.05) is 0 Å². The first-order chi connectivity index (χ1) is 7.65. The average molecular weight is 225 g/mol. The summed E-state index contributed by atoms with van der Waals surface area (Å²) in [7, 11) is 0. The molecule has 2 N–H and O–H groups in total. The molecule has 0 atom stereocenters. The van der Waals surface area contributed by atoms with Gasteiger partial charge in [0.15, 0.2) is 5.41 Å². The summed E-state index contributed by atoms with van der Waals surface area (Å²) in [5.74, 6) is -1.12. The van der Waals surface area contributed by atoms with Crippen LogP contribution in [0.5, 0.6) is 0 Å². The van der Waals surface area contributed by atoms with Crippen molar-refractivity contribution in [3.05, 3.63) is 24.2 Å². The lowest BCUT2D eigenvalue weighted by molar-refractivity contribution is -0.185. The quantitative estimate of drug-likeness (QED) is 0.704. The van der Waals surface area contributed by atoms with Crippen molar-refractivity contribution in [1.82, 2.24) is 5.32 Å². The summed E-state index contributed by atoms with van der Waals surface area (Å²) >= 11 is 0. The summed E-state index contributed by atoms with van der Waals surface area (Å²) in [4.78, 5) is 22.6. The topological polar surface area (TPSA) is 88.8 Å². The van der Waals surface area contributed by atoms with E-state index in [1.807, 2.05) is 0 Å². The number of ether oxygens (including phenoxy) is 1. The minimum absolute atomic E-state index is 0.0771. The molecular formula is C10H11NO5. The van der Waals surface area contributed by atoms with Crippen LogP contribution >= 0.6 is 0 Å². The van der Waals surface area contributed by atoms with Crippen LogP contribution in [0.25, 0.3) is 0 Å². The van der Waals surface area contributed by atoms with Crippen LogP contribution in [0, 0.1) is 5.41 Å². The Balaban J connectivity index is 1.95. The highest BCUT2D eigenvalue weighted by atomic mass is 16.5. The van der Waals surface area contributed by atoms with E-state index in [-0.39, 0.29) is 19.8 Å².